The van der Waals surface area contributed by atoms with Crippen molar-refractivity contribution in [2.75, 3.05) is 13.1 Å². The van der Waals surface area contributed by atoms with E-state index in [9.17, 15) is 19.2 Å². The van der Waals surface area contributed by atoms with Crippen LogP contribution in [0.1, 0.15) is 34.1 Å². The van der Waals surface area contributed by atoms with Crippen LogP contribution in [0, 0.1) is 11.8 Å². The van der Waals surface area contributed by atoms with Crippen LogP contribution < -0.4 is 21.5 Å². The van der Waals surface area contributed by atoms with Crippen LogP contribution in [0.15, 0.2) is 95.1 Å². The minimum Gasteiger partial charge on any atom is -0.355 e. The largest absolute Gasteiger partial charge is 0.355 e. The molecule has 2 aliphatic heterocycles. The van der Waals surface area contributed by atoms with Gasteiger partial charge in [-0.3, -0.25) is 19.2 Å². The van der Waals surface area contributed by atoms with Gasteiger partial charge in [0.15, 0.2) is 0 Å². The third-order valence-corrected chi connectivity index (χ3v) is 7.14. The number of carbonyl (C=O) groups is 4. The van der Waals surface area contributed by atoms with Gasteiger partial charge in [-0.15, -0.1) is 0 Å². The van der Waals surface area contributed by atoms with E-state index >= 15 is 0 Å². The summed E-state index contributed by atoms with van der Waals surface area (Å²) in [5.41, 5.74) is 8.00. The topological polar surface area (TPSA) is 141 Å². The van der Waals surface area contributed by atoms with Crippen LogP contribution in [0.2, 0.25) is 0 Å². The van der Waals surface area contributed by atoms with Gasteiger partial charge in [-0.1, -0.05) is 84.9 Å². The normalized spacial score (nSPS) is 22.3. The van der Waals surface area contributed by atoms with Gasteiger partial charge < -0.3 is 10.6 Å². The van der Waals surface area contributed by atoms with Crippen LogP contribution >= 0.6 is 0 Å². The predicted molar refractivity (Wildman–Crippen MR) is 149 cm³/mol. The Balaban J connectivity index is 1.22. The van der Waals surface area contributed by atoms with Crippen LogP contribution in [0.25, 0.3) is 0 Å². The molecule has 4 atom stereocenters. The van der Waals surface area contributed by atoms with Crippen LogP contribution in [0.4, 0.5) is 0 Å². The van der Waals surface area contributed by atoms with Gasteiger partial charge in [0.25, 0.3) is 11.8 Å². The number of hydrazone groups is 2. The number of rotatable bonds is 8. The molecular weight excluding hydrogens is 508 g/mol. The molecule has 4 N–H and O–H groups in total. The fourth-order valence-corrected chi connectivity index (χ4v) is 5.08. The van der Waals surface area contributed by atoms with Gasteiger partial charge in [-0.25, -0.2) is 10.9 Å². The van der Waals surface area contributed by atoms with Gasteiger partial charge >= 0.3 is 0 Å². The Morgan fingerprint density at radius 2 is 1.00 bits per heavy atom. The molecular formula is C30H28N6O4. The lowest BCUT2D eigenvalue weighted by Crippen LogP contribution is -2.34. The van der Waals surface area contributed by atoms with Crippen LogP contribution in [-0.2, 0) is 19.2 Å². The van der Waals surface area contributed by atoms with Crippen LogP contribution in [0.5, 0.6) is 0 Å². The zero-order valence-electron chi connectivity index (χ0n) is 21.5. The smallest absolute Gasteiger partial charge is 0.253 e. The van der Waals surface area contributed by atoms with Gasteiger partial charge in [0.1, 0.15) is 11.8 Å². The molecule has 3 aromatic carbocycles. The van der Waals surface area contributed by atoms with Crippen molar-refractivity contribution in [3.63, 3.8) is 0 Å². The summed E-state index contributed by atoms with van der Waals surface area (Å²) in [5.74, 6) is -4.02. The Labute approximate surface area is 230 Å². The summed E-state index contributed by atoms with van der Waals surface area (Å²) in [6.45, 7) is 0.758. The number of hydrogen-bond donors (Lipinski definition) is 4. The molecule has 0 saturated carbocycles. The molecule has 3 aromatic rings. The summed E-state index contributed by atoms with van der Waals surface area (Å²) in [6.07, 6.45) is 2.89. The average Bonchev–Trinajstić information content (AvgIpc) is 3.57. The summed E-state index contributed by atoms with van der Waals surface area (Å²) >= 11 is 0. The van der Waals surface area contributed by atoms with Crippen molar-refractivity contribution in [1.82, 2.24) is 21.5 Å². The van der Waals surface area contributed by atoms with Gasteiger partial charge in [0, 0.05) is 36.1 Å². The number of carbonyl (C=O) groups excluding carboxylic acids is 4. The van der Waals surface area contributed by atoms with Crippen molar-refractivity contribution in [1.29, 1.82) is 0 Å². The fourth-order valence-electron chi connectivity index (χ4n) is 5.08. The molecule has 202 valence electrons. The molecule has 0 radical (unpaired) electrons. The van der Waals surface area contributed by atoms with E-state index in [2.05, 4.69) is 31.7 Å². The van der Waals surface area contributed by atoms with E-state index in [-0.39, 0.29) is 23.7 Å². The van der Waals surface area contributed by atoms with Gasteiger partial charge in [0.2, 0.25) is 11.8 Å². The molecule has 5 rings (SSSR count). The highest BCUT2D eigenvalue weighted by Gasteiger charge is 2.42. The first-order valence-corrected chi connectivity index (χ1v) is 12.9. The molecule has 0 unspecified atom stereocenters. The Hall–Kier alpha value is -5.12. The number of nitrogens with zero attached hydrogens (tertiary/aromatic N) is 2. The van der Waals surface area contributed by atoms with Crippen LogP contribution in [0.3, 0.4) is 0 Å². The summed E-state index contributed by atoms with van der Waals surface area (Å²) in [7, 11) is 0. The van der Waals surface area contributed by atoms with E-state index in [1.165, 1.54) is 12.4 Å². The van der Waals surface area contributed by atoms with E-state index in [4.69, 9.17) is 0 Å². The molecule has 0 bridgehead atoms. The molecule has 4 amide bonds. The van der Waals surface area contributed by atoms with E-state index in [0.717, 1.165) is 11.1 Å². The summed E-state index contributed by atoms with van der Waals surface area (Å²) < 4.78 is 0. The first-order valence-electron chi connectivity index (χ1n) is 12.9. The third kappa shape index (κ3) is 5.80. The summed E-state index contributed by atoms with van der Waals surface area (Å²) in [4.78, 5) is 50.5. The molecule has 0 aliphatic carbocycles. The maximum absolute atomic E-state index is 12.9. The first-order chi connectivity index (χ1) is 19.5. The number of amides is 4. The van der Waals surface area contributed by atoms with Gasteiger partial charge in [-0.2, -0.15) is 10.2 Å². The molecule has 2 heterocycles. The minimum atomic E-state index is -0.890. The summed E-state index contributed by atoms with van der Waals surface area (Å²) in [6, 6.07) is 25.9. The number of benzene rings is 3. The van der Waals surface area contributed by atoms with Crippen molar-refractivity contribution in [2.45, 2.75) is 11.8 Å². The molecule has 10 heteroatoms. The monoisotopic (exact) mass is 536 g/mol. The highest BCUT2D eigenvalue weighted by atomic mass is 16.2. The second-order valence-electron chi connectivity index (χ2n) is 9.58. The number of nitrogens with one attached hydrogen (secondary N) is 4. The number of hydrogen-bond acceptors (Lipinski definition) is 6. The highest BCUT2D eigenvalue weighted by Crippen LogP contribution is 2.30. The Morgan fingerprint density at radius 3 is 1.40 bits per heavy atom. The minimum absolute atomic E-state index is 0.282. The van der Waals surface area contributed by atoms with Crippen molar-refractivity contribution in [3.8, 4) is 0 Å². The van der Waals surface area contributed by atoms with Crippen molar-refractivity contribution >= 4 is 36.1 Å². The van der Waals surface area contributed by atoms with Gasteiger partial charge in [-0.05, 0) is 11.1 Å². The fraction of sp³-hybridized carbons (Fsp3) is 0.200. The molecule has 2 fully saturated rings. The second kappa shape index (κ2) is 12.2. The van der Waals surface area contributed by atoms with Crippen molar-refractivity contribution in [2.24, 2.45) is 22.0 Å². The lowest BCUT2D eigenvalue weighted by atomic mass is 9.88. The third-order valence-electron chi connectivity index (χ3n) is 7.14. The quantitative estimate of drug-likeness (QED) is 0.197. The van der Waals surface area contributed by atoms with Crippen molar-refractivity contribution in [3.05, 3.63) is 107 Å². The molecule has 0 spiro atoms. The van der Waals surface area contributed by atoms with E-state index < -0.39 is 23.7 Å². The highest BCUT2D eigenvalue weighted by molar-refractivity contribution is 6.04. The Kier molecular flexibility index (Phi) is 8.05. The molecule has 40 heavy (non-hydrogen) atoms. The predicted octanol–water partition coefficient (Wildman–Crippen LogP) is 1.65. The first kappa shape index (κ1) is 26.5. The van der Waals surface area contributed by atoms with Crippen molar-refractivity contribution < 1.29 is 19.2 Å². The zero-order valence-corrected chi connectivity index (χ0v) is 21.5. The Bertz CT molecular complexity index is 1350. The van der Waals surface area contributed by atoms with Gasteiger partial charge in [0.05, 0.1) is 12.4 Å². The molecule has 0 aromatic heterocycles. The standard InChI is InChI=1S/C30H28N6O4/c37-27-25(23(17-31-27)19-9-3-1-4-10-19)29(39)35-33-15-21-13-7-8-14-22(21)16-34-36-30(40)26-24(18-32-28(26)38)20-11-5-2-6-12-20/h1-16,23-26H,17-18H2,(H,31,37)(H,32,38)(H,35,39)(H,36,40)/b33-15-,34-16+/t23-,24-,25+,26+/m0/s1. The maximum Gasteiger partial charge on any atom is 0.253 e. The average molecular weight is 537 g/mol. The van der Waals surface area contributed by atoms with Crippen LogP contribution in [-0.4, -0.2) is 49.1 Å². The van der Waals surface area contributed by atoms with E-state index in [1.54, 1.807) is 24.3 Å². The summed E-state index contributed by atoms with van der Waals surface area (Å²) in [5, 5.41) is 13.6. The second-order valence-corrected chi connectivity index (χ2v) is 9.58. The molecule has 2 saturated heterocycles. The van der Waals surface area contributed by atoms with E-state index in [1.807, 2.05) is 60.7 Å². The lowest BCUT2D eigenvalue weighted by Gasteiger charge is -2.15. The molecule has 10 nitrogen and oxygen atoms in total. The SMILES string of the molecule is O=C1NC[C@@H](c2ccccc2)[C@H]1C(=O)N/N=C\c1ccccc1/C=N/NC(=O)[C@H]1C(=O)NC[C@H]1c1ccccc1. The zero-order chi connectivity index (χ0) is 27.9. The lowest BCUT2D eigenvalue weighted by molar-refractivity contribution is -0.135. The maximum atomic E-state index is 12.9. The van der Waals surface area contributed by atoms with E-state index in [0.29, 0.717) is 24.2 Å². The molecule has 2 aliphatic rings. The Morgan fingerprint density at radius 1 is 0.625 bits per heavy atom.